The highest BCUT2D eigenvalue weighted by molar-refractivity contribution is 7.98. The summed E-state index contributed by atoms with van der Waals surface area (Å²) in [5.41, 5.74) is 2.05. The van der Waals surface area contributed by atoms with Crippen molar-refractivity contribution >= 4 is 40.0 Å². The molecular weight excluding hydrogens is 300 g/mol. The first-order valence-electron chi connectivity index (χ1n) is 6.82. The van der Waals surface area contributed by atoms with E-state index in [4.69, 9.17) is 0 Å². The van der Waals surface area contributed by atoms with E-state index in [2.05, 4.69) is 32.6 Å². The van der Waals surface area contributed by atoms with Gasteiger partial charge >= 0.3 is 0 Å². The van der Waals surface area contributed by atoms with Crippen LogP contribution in [0.25, 0.3) is 10.9 Å². The van der Waals surface area contributed by atoms with E-state index in [9.17, 15) is 0 Å². The minimum Gasteiger partial charge on any atom is -0.370 e. The van der Waals surface area contributed by atoms with E-state index in [1.165, 1.54) is 4.88 Å². The van der Waals surface area contributed by atoms with Gasteiger partial charge in [0.05, 0.1) is 11.2 Å². The maximum absolute atomic E-state index is 4.64. The molecule has 2 heterocycles. The highest BCUT2D eigenvalue weighted by Crippen LogP contribution is 2.27. The van der Waals surface area contributed by atoms with Gasteiger partial charge in [0, 0.05) is 22.6 Å². The van der Waals surface area contributed by atoms with Crippen molar-refractivity contribution in [1.29, 1.82) is 0 Å². The summed E-state index contributed by atoms with van der Waals surface area (Å²) in [5.74, 6) is 1.76. The number of fused-ring (bicyclic) bond motifs is 1. The first kappa shape index (κ1) is 14.3. The minimum absolute atomic E-state index is 0.802. The van der Waals surface area contributed by atoms with Crippen LogP contribution >= 0.6 is 23.3 Å². The van der Waals surface area contributed by atoms with E-state index in [1.807, 2.05) is 31.2 Å². The molecule has 0 saturated heterocycles. The number of para-hydroxylation sites is 1. The van der Waals surface area contributed by atoms with Crippen molar-refractivity contribution in [3.8, 4) is 0 Å². The van der Waals surface area contributed by atoms with Crippen molar-refractivity contribution in [2.24, 2.45) is 0 Å². The SMILES string of the molecule is CCNc1nc(SCc2cc(C)ns2)nc2ccccc12. The van der Waals surface area contributed by atoms with E-state index >= 15 is 0 Å². The second-order valence-corrected chi connectivity index (χ2v) is 6.46. The van der Waals surface area contributed by atoms with Crippen LogP contribution in [0.3, 0.4) is 0 Å². The van der Waals surface area contributed by atoms with Gasteiger partial charge in [-0.15, -0.1) is 0 Å². The molecule has 3 rings (SSSR count). The van der Waals surface area contributed by atoms with Crippen LogP contribution in [0, 0.1) is 6.92 Å². The average molecular weight is 316 g/mol. The smallest absolute Gasteiger partial charge is 0.190 e. The van der Waals surface area contributed by atoms with Crippen LogP contribution in [-0.4, -0.2) is 20.9 Å². The van der Waals surface area contributed by atoms with Gasteiger partial charge in [0.2, 0.25) is 0 Å². The van der Waals surface area contributed by atoms with Gasteiger partial charge in [-0.2, -0.15) is 4.37 Å². The van der Waals surface area contributed by atoms with E-state index in [0.29, 0.717) is 0 Å². The lowest BCUT2D eigenvalue weighted by Crippen LogP contribution is -2.02. The summed E-state index contributed by atoms with van der Waals surface area (Å²) in [6.07, 6.45) is 0. The lowest BCUT2D eigenvalue weighted by atomic mass is 10.2. The van der Waals surface area contributed by atoms with Gasteiger partial charge in [-0.25, -0.2) is 9.97 Å². The lowest BCUT2D eigenvalue weighted by Gasteiger charge is -2.08. The number of nitrogens with zero attached hydrogens (tertiary/aromatic N) is 3. The van der Waals surface area contributed by atoms with Crippen molar-refractivity contribution in [3.63, 3.8) is 0 Å². The summed E-state index contributed by atoms with van der Waals surface area (Å²) in [6, 6.07) is 10.2. The van der Waals surface area contributed by atoms with E-state index in [0.717, 1.165) is 39.9 Å². The van der Waals surface area contributed by atoms with Crippen molar-refractivity contribution < 1.29 is 0 Å². The third kappa shape index (κ3) is 3.33. The van der Waals surface area contributed by atoms with Gasteiger partial charge in [-0.05, 0) is 43.6 Å². The normalized spacial score (nSPS) is 11.0. The Morgan fingerprint density at radius 3 is 2.86 bits per heavy atom. The van der Waals surface area contributed by atoms with E-state index in [1.54, 1.807) is 23.3 Å². The number of rotatable bonds is 5. The molecule has 0 unspecified atom stereocenters. The first-order valence-corrected chi connectivity index (χ1v) is 8.58. The molecule has 0 radical (unpaired) electrons. The molecule has 0 aliphatic carbocycles. The van der Waals surface area contributed by atoms with Gasteiger partial charge in [-0.1, -0.05) is 23.9 Å². The van der Waals surface area contributed by atoms with Crippen LogP contribution in [0.2, 0.25) is 0 Å². The quantitative estimate of drug-likeness (QED) is 0.567. The molecule has 1 aromatic carbocycles. The van der Waals surface area contributed by atoms with E-state index < -0.39 is 0 Å². The van der Waals surface area contributed by atoms with Crippen molar-refractivity contribution in [2.45, 2.75) is 24.8 Å². The number of aromatic nitrogens is 3. The fraction of sp³-hybridized carbons (Fsp3) is 0.267. The molecule has 0 amide bonds. The molecule has 0 fully saturated rings. The number of hydrogen-bond acceptors (Lipinski definition) is 6. The maximum Gasteiger partial charge on any atom is 0.190 e. The van der Waals surface area contributed by atoms with Gasteiger partial charge in [0.1, 0.15) is 5.82 Å². The molecule has 3 aromatic rings. The maximum atomic E-state index is 4.64. The lowest BCUT2D eigenvalue weighted by molar-refractivity contribution is 0.992. The highest BCUT2D eigenvalue weighted by atomic mass is 32.2. The molecular formula is C15H16N4S2. The van der Waals surface area contributed by atoms with Crippen molar-refractivity contribution in [3.05, 3.63) is 40.9 Å². The predicted octanol–water partition coefficient (Wildman–Crippen LogP) is 4.12. The fourth-order valence-electron chi connectivity index (χ4n) is 2.04. The third-order valence-corrected chi connectivity index (χ3v) is 4.90. The average Bonchev–Trinajstić information content (AvgIpc) is 2.91. The molecule has 0 bridgehead atoms. The standard InChI is InChI=1S/C15H16N4S2/c1-3-16-14-12-6-4-5-7-13(12)17-15(18-14)20-9-11-8-10(2)19-21-11/h4-8H,3,9H2,1-2H3,(H,16,17,18). The molecule has 0 spiro atoms. The monoisotopic (exact) mass is 316 g/mol. The van der Waals surface area contributed by atoms with Crippen LogP contribution in [0.5, 0.6) is 0 Å². The van der Waals surface area contributed by atoms with Crippen LogP contribution in [0.15, 0.2) is 35.5 Å². The summed E-state index contributed by atoms with van der Waals surface area (Å²) in [4.78, 5) is 10.5. The van der Waals surface area contributed by atoms with Gasteiger partial charge in [0.25, 0.3) is 0 Å². The number of hydrogen-bond donors (Lipinski definition) is 1. The second-order valence-electron chi connectivity index (χ2n) is 4.63. The summed E-state index contributed by atoms with van der Waals surface area (Å²) in [5, 5.41) is 5.19. The molecule has 6 heteroatoms. The van der Waals surface area contributed by atoms with Gasteiger partial charge < -0.3 is 5.32 Å². The summed E-state index contributed by atoms with van der Waals surface area (Å²) < 4.78 is 4.30. The number of aryl methyl sites for hydroxylation is 1. The van der Waals surface area contributed by atoms with Crippen LogP contribution in [-0.2, 0) is 5.75 Å². The highest BCUT2D eigenvalue weighted by Gasteiger charge is 2.08. The van der Waals surface area contributed by atoms with Crippen molar-refractivity contribution in [2.75, 3.05) is 11.9 Å². The van der Waals surface area contributed by atoms with Crippen LogP contribution in [0.1, 0.15) is 17.5 Å². The molecule has 0 atom stereocenters. The molecule has 108 valence electrons. The Labute approximate surface area is 132 Å². The third-order valence-electron chi connectivity index (χ3n) is 2.95. The fourth-order valence-corrected chi connectivity index (χ4v) is 3.64. The molecule has 1 N–H and O–H groups in total. The molecule has 21 heavy (non-hydrogen) atoms. The minimum atomic E-state index is 0.802. The molecule has 0 aliphatic heterocycles. The Morgan fingerprint density at radius 2 is 2.10 bits per heavy atom. The summed E-state index contributed by atoms with van der Waals surface area (Å²) >= 11 is 3.19. The Balaban J connectivity index is 1.87. The van der Waals surface area contributed by atoms with Crippen molar-refractivity contribution in [1.82, 2.24) is 14.3 Å². The molecule has 4 nitrogen and oxygen atoms in total. The zero-order chi connectivity index (χ0) is 14.7. The zero-order valence-electron chi connectivity index (χ0n) is 12.0. The topological polar surface area (TPSA) is 50.7 Å². The van der Waals surface area contributed by atoms with Gasteiger partial charge in [0.15, 0.2) is 5.16 Å². The van der Waals surface area contributed by atoms with Crippen LogP contribution in [0.4, 0.5) is 5.82 Å². The number of anilines is 1. The Morgan fingerprint density at radius 1 is 1.24 bits per heavy atom. The van der Waals surface area contributed by atoms with Crippen LogP contribution < -0.4 is 5.32 Å². The number of benzene rings is 1. The molecule has 0 saturated carbocycles. The Kier molecular flexibility index (Phi) is 4.36. The first-order chi connectivity index (χ1) is 10.3. The summed E-state index contributed by atoms with van der Waals surface area (Å²) in [6.45, 7) is 4.93. The number of nitrogens with one attached hydrogen (secondary N) is 1. The second kappa shape index (κ2) is 6.41. The van der Waals surface area contributed by atoms with E-state index in [-0.39, 0.29) is 0 Å². The largest absolute Gasteiger partial charge is 0.370 e. The molecule has 2 aromatic heterocycles. The Bertz CT molecular complexity index is 754. The number of thioether (sulfide) groups is 1. The Hall–Kier alpha value is -1.66. The zero-order valence-corrected chi connectivity index (χ0v) is 13.6. The predicted molar refractivity (Wildman–Crippen MR) is 90.1 cm³/mol. The molecule has 0 aliphatic rings. The summed E-state index contributed by atoms with van der Waals surface area (Å²) in [7, 11) is 0. The van der Waals surface area contributed by atoms with Gasteiger partial charge in [-0.3, -0.25) is 0 Å².